The zero-order valence-corrected chi connectivity index (χ0v) is 5.53. The van der Waals surface area contributed by atoms with Crippen molar-refractivity contribution in [2.75, 3.05) is 0 Å². The topological polar surface area (TPSA) is 51.2 Å². The molecule has 10 heavy (non-hydrogen) atoms. The monoisotopic (exact) mass is 134 g/mol. The van der Waals surface area contributed by atoms with E-state index in [1.165, 1.54) is 18.2 Å². The molecule has 0 N–H and O–H groups in total. The van der Waals surface area contributed by atoms with Crippen molar-refractivity contribution in [3.63, 3.8) is 0 Å². The molecule has 0 unspecified atom stereocenters. The first-order chi connectivity index (χ1) is 4.74. The summed E-state index contributed by atoms with van der Waals surface area (Å²) >= 11 is 0. The number of nitrogens with zero attached hydrogens (tertiary/aromatic N) is 2. The molecule has 0 bridgehead atoms. The smallest absolute Gasteiger partial charge is 0.385 e. The molecule has 0 spiro atoms. The Morgan fingerprint density at radius 3 is 2.70 bits per heavy atom. The van der Waals surface area contributed by atoms with E-state index < -0.39 is 0 Å². The summed E-state index contributed by atoms with van der Waals surface area (Å²) in [5, 5.41) is 19.0. The largest absolute Gasteiger partial charge is 0.872 e. The maximum atomic E-state index is 10.8. The standard InChI is InChI=1S/C7H6N2O/c1-5-4-6(9-8)2-3-7(5)10/h2-4H,1H3. The van der Waals surface area contributed by atoms with Crippen LogP contribution < -0.4 is 5.11 Å². The first-order valence-corrected chi connectivity index (χ1v) is 2.87. The van der Waals surface area contributed by atoms with Crippen LogP contribution in [0.1, 0.15) is 5.56 Å². The van der Waals surface area contributed by atoms with E-state index in [-0.39, 0.29) is 5.75 Å². The van der Waals surface area contributed by atoms with Gasteiger partial charge in [-0.25, -0.2) is 0 Å². The van der Waals surface area contributed by atoms with Crippen LogP contribution in [0.4, 0.5) is 5.69 Å². The molecule has 0 radical (unpaired) electrons. The minimum Gasteiger partial charge on any atom is -0.872 e. The van der Waals surface area contributed by atoms with Crippen LogP contribution in [0.25, 0.3) is 4.98 Å². The highest BCUT2D eigenvalue weighted by molar-refractivity contribution is 5.49. The van der Waals surface area contributed by atoms with Gasteiger partial charge in [-0.05, 0) is 6.92 Å². The molecule has 0 fully saturated rings. The lowest BCUT2D eigenvalue weighted by atomic mass is 10.2. The van der Waals surface area contributed by atoms with Crippen LogP contribution in [-0.2, 0) is 0 Å². The van der Waals surface area contributed by atoms with Crippen LogP contribution in [0.2, 0.25) is 0 Å². The molecule has 3 heteroatoms. The van der Waals surface area contributed by atoms with Gasteiger partial charge in [0.05, 0.1) is 0 Å². The second kappa shape index (κ2) is 2.36. The molecule has 0 aliphatic rings. The maximum absolute atomic E-state index is 10.8. The molecule has 1 rings (SSSR count). The highest BCUT2D eigenvalue weighted by Gasteiger charge is 2.01. The van der Waals surface area contributed by atoms with Crippen molar-refractivity contribution in [3.8, 4) is 5.75 Å². The molecule has 1 aromatic carbocycles. The summed E-state index contributed by atoms with van der Waals surface area (Å²) in [5.41, 5.74) is 1.01. The third-order valence-corrected chi connectivity index (χ3v) is 1.27. The Bertz CT molecular complexity index is 288. The summed E-state index contributed by atoms with van der Waals surface area (Å²) in [6, 6.07) is 4.38. The van der Waals surface area contributed by atoms with E-state index in [1.807, 2.05) is 0 Å². The van der Waals surface area contributed by atoms with Gasteiger partial charge in [0.2, 0.25) is 5.39 Å². The predicted octanol–water partition coefficient (Wildman–Crippen LogP) is 1.55. The van der Waals surface area contributed by atoms with Crippen LogP contribution in [0, 0.1) is 12.3 Å². The Morgan fingerprint density at radius 2 is 2.20 bits per heavy atom. The summed E-state index contributed by atoms with van der Waals surface area (Å²) in [5.74, 6) is -0.0348. The fourth-order valence-electron chi connectivity index (χ4n) is 0.696. The van der Waals surface area contributed by atoms with Gasteiger partial charge in [-0.1, -0.05) is 11.6 Å². The highest BCUT2D eigenvalue weighted by Crippen LogP contribution is 2.19. The average molecular weight is 134 g/mol. The molecule has 0 heterocycles. The Labute approximate surface area is 58.6 Å². The Morgan fingerprint density at radius 1 is 1.50 bits per heavy atom. The number of rotatable bonds is 0. The van der Waals surface area contributed by atoms with Gasteiger partial charge in [0, 0.05) is 12.1 Å². The van der Waals surface area contributed by atoms with Crippen molar-refractivity contribution >= 4 is 5.69 Å². The van der Waals surface area contributed by atoms with Crippen molar-refractivity contribution in [2.45, 2.75) is 6.92 Å². The summed E-state index contributed by atoms with van der Waals surface area (Å²) < 4.78 is 0. The minimum absolute atomic E-state index is 0.0348. The predicted molar refractivity (Wildman–Crippen MR) is 35.4 cm³/mol. The molecule has 0 amide bonds. The first kappa shape index (κ1) is 6.56. The number of benzene rings is 1. The molecule has 50 valence electrons. The van der Waals surface area contributed by atoms with E-state index in [9.17, 15) is 5.11 Å². The van der Waals surface area contributed by atoms with Gasteiger partial charge >= 0.3 is 5.69 Å². The molecule has 1 aromatic rings. The zero-order chi connectivity index (χ0) is 7.56. The summed E-state index contributed by atoms with van der Waals surface area (Å²) in [4.78, 5) is 2.93. The molecule has 0 saturated carbocycles. The number of aryl methyl sites for hydroxylation is 1. The van der Waals surface area contributed by atoms with Crippen LogP contribution in [0.3, 0.4) is 0 Å². The van der Waals surface area contributed by atoms with E-state index in [0.29, 0.717) is 11.3 Å². The van der Waals surface area contributed by atoms with Crippen LogP contribution in [0.5, 0.6) is 5.75 Å². The zero-order valence-electron chi connectivity index (χ0n) is 5.53. The number of hydrogen-bond donors (Lipinski definition) is 0. The van der Waals surface area contributed by atoms with Gasteiger partial charge in [0.1, 0.15) is 0 Å². The molecule has 0 saturated heterocycles. The molecule has 0 aromatic heterocycles. The molecule has 0 atom stereocenters. The quantitative estimate of drug-likeness (QED) is 0.505. The fraction of sp³-hybridized carbons (Fsp3) is 0.143. The van der Waals surface area contributed by atoms with E-state index in [1.54, 1.807) is 6.92 Å². The van der Waals surface area contributed by atoms with Gasteiger partial charge in [-0.3, -0.25) is 0 Å². The van der Waals surface area contributed by atoms with Crippen molar-refractivity contribution in [2.24, 2.45) is 0 Å². The van der Waals surface area contributed by atoms with Crippen molar-refractivity contribution < 1.29 is 5.11 Å². The summed E-state index contributed by atoms with van der Waals surface area (Å²) in [6.07, 6.45) is 0. The second-order valence-corrected chi connectivity index (χ2v) is 2.05. The molecule has 3 nitrogen and oxygen atoms in total. The lowest BCUT2D eigenvalue weighted by molar-refractivity contribution is -0.269. The fourth-order valence-corrected chi connectivity index (χ4v) is 0.696. The van der Waals surface area contributed by atoms with Crippen LogP contribution in [-0.4, -0.2) is 0 Å². The van der Waals surface area contributed by atoms with Gasteiger partial charge in [-0.2, -0.15) is 0 Å². The molecular weight excluding hydrogens is 128 g/mol. The Kier molecular flexibility index (Phi) is 1.55. The Hall–Kier alpha value is -1.56. The third kappa shape index (κ3) is 1.06. The van der Waals surface area contributed by atoms with Crippen molar-refractivity contribution in [1.29, 1.82) is 5.39 Å². The van der Waals surface area contributed by atoms with E-state index in [2.05, 4.69) is 4.98 Å². The Balaban J connectivity index is 3.20. The van der Waals surface area contributed by atoms with Gasteiger partial charge < -0.3 is 5.11 Å². The molecule has 0 aliphatic carbocycles. The summed E-state index contributed by atoms with van der Waals surface area (Å²) in [7, 11) is 0. The van der Waals surface area contributed by atoms with Crippen LogP contribution >= 0.6 is 0 Å². The van der Waals surface area contributed by atoms with Crippen molar-refractivity contribution in [3.05, 3.63) is 28.7 Å². The maximum Gasteiger partial charge on any atom is 0.385 e. The van der Waals surface area contributed by atoms with Gasteiger partial charge in [0.15, 0.2) is 4.98 Å². The normalized spacial score (nSPS) is 8.80. The second-order valence-electron chi connectivity index (χ2n) is 2.05. The number of diazo groups is 1. The van der Waals surface area contributed by atoms with E-state index in [0.717, 1.165) is 0 Å². The van der Waals surface area contributed by atoms with Crippen molar-refractivity contribution in [1.82, 2.24) is 0 Å². The molecule has 0 aliphatic heterocycles. The van der Waals surface area contributed by atoms with Crippen LogP contribution in [0.15, 0.2) is 18.2 Å². The molecular formula is C7H6N2O. The minimum atomic E-state index is -0.0348. The van der Waals surface area contributed by atoms with Gasteiger partial charge in [-0.15, -0.1) is 5.75 Å². The summed E-state index contributed by atoms with van der Waals surface area (Å²) in [6.45, 7) is 1.68. The van der Waals surface area contributed by atoms with E-state index in [4.69, 9.17) is 5.39 Å². The third-order valence-electron chi connectivity index (χ3n) is 1.27. The van der Waals surface area contributed by atoms with E-state index >= 15 is 0 Å². The number of hydrogen-bond acceptors (Lipinski definition) is 2. The lowest BCUT2D eigenvalue weighted by Crippen LogP contribution is -1.91. The first-order valence-electron chi connectivity index (χ1n) is 2.87. The SMILES string of the molecule is Cc1cc([N+]#N)ccc1[O-]. The van der Waals surface area contributed by atoms with Gasteiger partial charge in [0.25, 0.3) is 0 Å². The average Bonchev–Trinajstić information content (AvgIpc) is 1.95. The lowest BCUT2D eigenvalue weighted by Gasteiger charge is -2.05. The highest BCUT2D eigenvalue weighted by atomic mass is 16.3.